The molecule has 3 rings (SSSR count). The first-order valence-corrected chi connectivity index (χ1v) is 9.09. The molecular formula is C20H27N3O3. The van der Waals surface area contributed by atoms with E-state index in [2.05, 4.69) is 10.3 Å². The Morgan fingerprint density at radius 3 is 2.81 bits per heavy atom. The molecule has 0 spiro atoms. The first kappa shape index (κ1) is 18.6. The average molecular weight is 357 g/mol. The number of nitrogens with zero attached hydrogens (tertiary/aromatic N) is 1. The molecule has 1 aromatic heterocycles. The number of amides is 1. The van der Waals surface area contributed by atoms with Gasteiger partial charge in [-0.3, -0.25) is 9.59 Å². The minimum absolute atomic E-state index is 0.0542. The van der Waals surface area contributed by atoms with Crippen molar-refractivity contribution in [1.82, 2.24) is 15.2 Å². The van der Waals surface area contributed by atoms with Gasteiger partial charge in [-0.25, -0.2) is 0 Å². The van der Waals surface area contributed by atoms with E-state index in [1.165, 1.54) is 0 Å². The summed E-state index contributed by atoms with van der Waals surface area (Å²) in [5, 5.41) is 4.15. The van der Waals surface area contributed by atoms with Gasteiger partial charge in [-0.1, -0.05) is 12.1 Å². The van der Waals surface area contributed by atoms with Gasteiger partial charge in [0.1, 0.15) is 0 Å². The van der Waals surface area contributed by atoms with Crippen LogP contribution in [0.25, 0.3) is 10.9 Å². The number of ether oxygens (including phenoxy) is 1. The number of methoxy groups -OCH3 is 1. The normalized spacial score (nSPS) is 17.4. The molecule has 2 heterocycles. The molecule has 1 atom stereocenters. The summed E-state index contributed by atoms with van der Waals surface area (Å²) in [7, 11) is 1.65. The van der Waals surface area contributed by atoms with Crippen molar-refractivity contribution in [2.75, 3.05) is 33.4 Å². The molecule has 6 nitrogen and oxygen atoms in total. The molecule has 1 fully saturated rings. The number of likely N-dealkylation sites (tertiary alicyclic amines) is 1. The molecule has 1 aliphatic heterocycles. The zero-order valence-corrected chi connectivity index (χ0v) is 15.7. The van der Waals surface area contributed by atoms with Gasteiger partial charge in [0.2, 0.25) is 5.91 Å². The summed E-state index contributed by atoms with van der Waals surface area (Å²) in [6, 6.07) is 5.69. The largest absolute Gasteiger partial charge is 0.383 e. The molecule has 1 unspecified atom stereocenters. The first-order chi connectivity index (χ1) is 12.5. The molecule has 2 N–H and O–H groups in total. The molecule has 0 saturated carbocycles. The van der Waals surface area contributed by atoms with Gasteiger partial charge in [0.15, 0.2) is 5.43 Å². The number of nitrogens with one attached hydrogen (secondary N) is 2. The fourth-order valence-corrected chi connectivity index (χ4v) is 3.63. The molecule has 1 saturated heterocycles. The lowest BCUT2D eigenvalue weighted by Gasteiger charge is -2.16. The molecule has 1 amide bonds. The van der Waals surface area contributed by atoms with Crippen LogP contribution >= 0.6 is 0 Å². The van der Waals surface area contributed by atoms with Crippen molar-refractivity contribution in [1.29, 1.82) is 0 Å². The third-order valence-corrected chi connectivity index (χ3v) is 5.07. The standard InChI is InChI=1S/C20H27N3O3/c1-13-4-5-14(2)20-19(13)17(24)9-16(22-20)11-21-10-15-8-18(25)23(12-15)6-7-26-3/h4-5,9,15,21H,6-8,10-12H2,1-3H3,(H,22,24). The van der Waals surface area contributed by atoms with Crippen LogP contribution in [-0.4, -0.2) is 49.1 Å². The van der Waals surface area contributed by atoms with Crippen molar-refractivity contribution < 1.29 is 9.53 Å². The summed E-state index contributed by atoms with van der Waals surface area (Å²) in [6.07, 6.45) is 0.573. The van der Waals surface area contributed by atoms with E-state index in [9.17, 15) is 9.59 Å². The second-order valence-electron chi connectivity index (χ2n) is 7.14. The summed E-state index contributed by atoms with van der Waals surface area (Å²) in [5.74, 6) is 0.495. The lowest BCUT2D eigenvalue weighted by molar-refractivity contribution is -0.128. The van der Waals surface area contributed by atoms with Crippen molar-refractivity contribution in [3.63, 3.8) is 0 Å². The zero-order chi connectivity index (χ0) is 18.7. The minimum Gasteiger partial charge on any atom is -0.383 e. The third-order valence-electron chi connectivity index (χ3n) is 5.07. The molecule has 0 bridgehead atoms. The van der Waals surface area contributed by atoms with Crippen molar-refractivity contribution >= 4 is 16.8 Å². The van der Waals surface area contributed by atoms with E-state index < -0.39 is 0 Å². The van der Waals surface area contributed by atoms with Crippen LogP contribution in [0.3, 0.4) is 0 Å². The zero-order valence-electron chi connectivity index (χ0n) is 15.7. The number of rotatable bonds is 7. The van der Waals surface area contributed by atoms with Gasteiger partial charge in [-0.05, 0) is 30.9 Å². The summed E-state index contributed by atoms with van der Waals surface area (Å²) >= 11 is 0. The fraction of sp³-hybridized carbons (Fsp3) is 0.500. The summed E-state index contributed by atoms with van der Waals surface area (Å²) < 4.78 is 5.05. The quantitative estimate of drug-likeness (QED) is 0.791. The second-order valence-corrected chi connectivity index (χ2v) is 7.14. The van der Waals surface area contributed by atoms with Crippen LogP contribution in [0.2, 0.25) is 0 Å². The molecule has 1 aromatic carbocycles. The molecular weight excluding hydrogens is 330 g/mol. The number of pyridine rings is 1. The van der Waals surface area contributed by atoms with Gasteiger partial charge < -0.3 is 19.9 Å². The Kier molecular flexibility index (Phi) is 5.74. The van der Waals surface area contributed by atoms with E-state index in [-0.39, 0.29) is 11.3 Å². The van der Waals surface area contributed by atoms with E-state index >= 15 is 0 Å². The van der Waals surface area contributed by atoms with Crippen LogP contribution in [0.5, 0.6) is 0 Å². The maximum absolute atomic E-state index is 12.5. The minimum atomic E-state index is 0.0542. The molecule has 1 aliphatic rings. The van der Waals surface area contributed by atoms with Crippen molar-refractivity contribution in [3.8, 4) is 0 Å². The Morgan fingerprint density at radius 1 is 1.27 bits per heavy atom. The SMILES string of the molecule is COCCN1CC(CNCc2cc(=O)c3c(C)ccc(C)c3[nH]2)CC1=O. The summed E-state index contributed by atoms with van der Waals surface area (Å²) in [5.41, 5.74) is 3.90. The van der Waals surface area contributed by atoms with Gasteiger partial charge in [0, 0.05) is 56.9 Å². The Balaban J connectivity index is 1.62. The first-order valence-electron chi connectivity index (χ1n) is 9.09. The van der Waals surface area contributed by atoms with Crippen molar-refractivity contribution in [2.45, 2.75) is 26.8 Å². The molecule has 6 heteroatoms. The van der Waals surface area contributed by atoms with Gasteiger partial charge in [0.25, 0.3) is 0 Å². The van der Waals surface area contributed by atoms with Gasteiger partial charge in [-0.15, -0.1) is 0 Å². The number of aromatic amines is 1. The van der Waals surface area contributed by atoms with Crippen molar-refractivity contribution in [3.05, 3.63) is 45.2 Å². The number of hydrogen-bond donors (Lipinski definition) is 2. The Bertz CT molecular complexity index is 859. The van der Waals surface area contributed by atoms with Crippen LogP contribution in [0.4, 0.5) is 0 Å². The van der Waals surface area contributed by atoms with Gasteiger partial charge >= 0.3 is 0 Å². The smallest absolute Gasteiger partial charge is 0.223 e. The van der Waals surface area contributed by atoms with Crippen molar-refractivity contribution in [2.24, 2.45) is 5.92 Å². The fourth-order valence-electron chi connectivity index (χ4n) is 3.63. The Labute approximate surface area is 153 Å². The van der Waals surface area contributed by atoms with Crippen LogP contribution in [0.1, 0.15) is 23.2 Å². The highest BCUT2D eigenvalue weighted by molar-refractivity contribution is 5.84. The number of aromatic nitrogens is 1. The highest BCUT2D eigenvalue weighted by Gasteiger charge is 2.28. The van der Waals surface area contributed by atoms with E-state index in [1.807, 2.05) is 30.9 Å². The number of carbonyl (C=O) groups is 1. The molecule has 2 aromatic rings. The third kappa shape index (κ3) is 3.97. The number of hydrogen-bond acceptors (Lipinski definition) is 4. The second kappa shape index (κ2) is 8.01. The van der Waals surface area contributed by atoms with Crippen LogP contribution in [0.15, 0.2) is 23.0 Å². The number of carbonyl (C=O) groups excluding carboxylic acids is 1. The lowest BCUT2D eigenvalue weighted by atomic mass is 10.0. The predicted octanol–water partition coefficient (Wildman–Crippen LogP) is 1.73. The highest BCUT2D eigenvalue weighted by Crippen LogP contribution is 2.18. The highest BCUT2D eigenvalue weighted by atomic mass is 16.5. The maximum Gasteiger partial charge on any atom is 0.223 e. The van der Waals surface area contributed by atoms with E-state index in [1.54, 1.807) is 13.2 Å². The van der Waals surface area contributed by atoms with E-state index in [4.69, 9.17) is 4.74 Å². The number of H-pyrrole nitrogens is 1. The Morgan fingerprint density at radius 2 is 2.04 bits per heavy atom. The van der Waals surface area contributed by atoms with E-state index in [0.717, 1.165) is 40.8 Å². The molecule has 0 radical (unpaired) electrons. The molecule has 0 aliphatic carbocycles. The van der Waals surface area contributed by atoms with Gasteiger partial charge in [0.05, 0.1) is 12.1 Å². The molecule has 26 heavy (non-hydrogen) atoms. The maximum atomic E-state index is 12.5. The van der Waals surface area contributed by atoms with Crippen LogP contribution < -0.4 is 10.7 Å². The number of aryl methyl sites for hydroxylation is 2. The van der Waals surface area contributed by atoms with Gasteiger partial charge in [-0.2, -0.15) is 0 Å². The average Bonchev–Trinajstić information content (AvgIpc) is 2.96. The van der Waals surface area contributed by atoms with Crippen LogP contribution in [-0.2, 0) is 16.1 Å². The van der Waals surface area contributed by atoms with Crippen LogP contribution in [0, 0.1) is 19.8 Å². The predicted molar refractivity (Wildman–Crippen MR) is 102 cm³/mol. The Hall–Kier alpha value is -2.18. The number of benzene rings is 1. The summed E-state index contributed by atoms with van der Waals surface area (Å²) in [4.78, 5) is 29.7. The monoisotopic (exact) mass is 357 g/mol. The topological polar surface area (TPSA) is 74.4 Å². The lowest BCUT2D eigenvalue weighted by Crippen LogP contribution is -2.30. The number of fused-ring (bicyclic) bond motifs is 1. The van der Waals surface area contributed by atoms with E-state index in [0.29, 0.717) is 32.0 Å². The summed E-state index contributed by atoms with van der Waals surface area (Å²) in [6.45, 7) is 7.30. The molecule has 140 valence electrons.